The van der Waals surface area contributed by atoms with Crippen molar-refractivity contribution in [1.82, 2.24) is 9.97 Å². The quantitative estimate of drug-likeness (QED) is 0.779. The van der Waals surface area contributed by atoms with Gasteiger partial charge >= 0.3 is 0 Å². The molecule has 106 valence electrons. The van der Waals surface area contributed by atoms with Crippen LogP contribution >= 0.6 is 0 Å². The molecule has 0 aliphatic rings. The highest BCUT2D eigenvalue weighted by atomic mass is 14.7. The molecule has 0 fully saturated rings. The molecule has 2 rings (SSSR count). The van der Waals surface area contributed by atoms with Crippen LogP contribution in [0.3, 0.4) is 0 Å². The van der Waals surface area contributed by atoms with Gasteiger partial charge in [0.15, 0.2) is 0 Å². The van der Waals surface area contributed by atoms with Gasteiger partial charge in [-0.2, -0.15) is 0 Å². The Balaban J connectivity index is 1.99. The third kappa shape index (κ3) is 3.44. The average Bonchev–Trinajstić information content (AvgIpc) is 2.45. The van der Waals surface area contributed by atoms with Gasteiger partial charge in [0.2, 0.25) is 0 Å². The van der Waals surface area contributed by atoms with Crippen LogP contribution in [0.15, 0.2) is 36.7 Å². The Bertz CT molecular complexity index is 511. The summed E-state index contributed by atoms with van der Waals surface area (Å²) < 4.78 is 0. The van der Waals surface area contributed by atoms with E-state index in [1.54, 1.807) is 0 Å². The van der Waals surface area contributed by atoms with Crippen LogP contribution in [-0.2, 0) is 0 Å². The van der Waals surface area contributed by atoms with Crippen LogP contribution in [0.4, 0.5) is 0 Å². The summed E-state index contributed by atoms with van der Waals surface area (Å²) in [6, 6.07) is 8.30. The second-order valence-electron chi connectivity index (χ2n) is 5.79. The topological polar surface area (TPSA) is 25.8 Å². The molecule has 2 heterocycles. The fourth-order valence-corrected chi connectivity index (χ4v) is 2.80. The highest BCUT2D eigenvalue weighted by Gasteiger charge is 2.14. The van der Waals surface area contributed by atoms with E-state index in [9.17, 15) is 0 Å². The Kier molecular flexibility index (Phi) is 4.89. The molecule has 2 unspecified atom stereocenters. The van der Waals surface area contributed by atoms with Crippen molar-refractivity contribution in [2.75, 3.05) is 0 Å². The van der Waals surface area contributed by atoms with Gasteiger partial charge in [0, 0.05) is 23.8 Å². The van der Waals surface area contributed by atoms with Gasteiger partial charge in [0.05, 0.1) is 0 Å². The maximum atomic E-state index is 4.53. The molecule has 2 aromatic rings. The summed E-state index contributed by atoms with van der Waals surface area (Å²) in [6.45, 7) is 8.83. The molecule has 0 amide bonds. The van der Waals surface area contributed by atoms with Crippen LogP contribution in [0.5, 0.6) is 0 Å². The van der Waals surface area contributed by atoms with Gasteiger partial charge < -0.3 is 0 Å². The third-order valence-electron chi connectivity index (χ3n) is 4.07. The van der Waals surface area contributed by atoms with Crippen LogP contribution in [0.25, 0.3) is 0 Å². The van der Waals surface area contributed by atoms with Gasteiger partial charge in [-0.3, -0.25) is 9.97 Å². The molecule has 0 saturated heterocycles. The van der Waals surface area contributed by atoms with Gasteiger partial charge in [0.1, 0.15) is 0 Å². The largest absolute Gasteiger partial charge is 0.261 e. The molecule has 0 radical (unpaired) electrons. The van der Waals surface area contributed by atoms with Crippen LogP contribution in [0.1, 0.15) is 61.0 Å². The first-order chi connectivity index (χ1) is 9.59. The van der Waals surface area contributed by atoms with Crippen molar-refractivity contribution < 1.29 is 0 Å². The third-order valence-corrected chi connectivity index (χ3v) is 4.07. The number of nitrogens with zero attached hydrogens (tertiary/aromatic N) is 2. The van der Waals surface area contributed by atoms with E-state index in [2.05, 4.69) is 49.8 Å². The minimum Gasteiger partial charge on any atom is -0.261 e. The molecule has 2 heteroatoms. The smallest absolute Gasteiger partial charge is 0.0460 e. The minimum absolute atomic E-state index is 0.502. The maximum absolute atomic E-state index is 4.53. The lowest BCUT2D eigenvalue weighted by Crippen LogP contribution is -2.04. The van der Waals surface area contributed by atoms with Crippen molar-refractivity contribution in [3.63, 3.8) is 0 Å². The summed E-state index contributed by atoms with van der Waals surface area (Å²) in [5.41, 5.74) is 5.05. The summed E-state index contributed by atoms with van der Waals surface area (Å²) in [7, 11) is 0. The molecule has 2 aromatic heterocycles. The summed E-state index contributed by atoms with van der Waals surface area (Å²) in [5, 5.41) is 0. The lowest BCUT2D eigenvalue weighted by Gasteiger charge is -2.17. The highest BCUT2D eigenvalue weighted by Crippen LogP contribution is 2.28. The Morgan fingerprint density at radius 2 is 1.20 bits per heavy atom. The van der Waals surface area contributed by atoms with Gasteiger partial charge in [0.25, 0.3) is 0 Å². The van der Waals surface area contributed by atoms with E-state index >= 15 is 0 Å². The maximum Gasteiger partial charge on any atom is 0.0460 e. The SMILES string of the molecule is Cc1cccnc1C(C)CCC(C)c1ncccc1C. The second kappa shape index (κ2) is 6.65. The van der Waals surface area contributed by atoms with Crippen molar-refractivity contribution >= 4 is 0 Å². The Morgan fingerprint density at radius 3 is 1.55 bits per heavy atom. The van der Waals surface area contributed by atoms with E-state index in [1.165, 1.54) is 22.5 Å². The van der Waals surface area contributed by atoms with Crippen molar-refractivity contribution in [1.29, 1.82) is 0 Å². The van der Waals surface area contributed by atoms with Crippen molar-refractivity contribution in [3.05, 3.63) is 59.2 Å². The number of hydrogen-bond acceptors (Lipinski definition) is 2. The Labute approximate surface area is 122 Å². The van der Waals surface area contributed by atoms with E-state index in [1.807, 2.05) is 24.5 Å². The minimum atomic E-state index is 0.502. The van der Waals surface area contributed by atoms with Gasteiger partial charge in [-0.1, -0.05) is 26.0 Å². The lowest BCUT2D eigenvalue weighted by molar-refractivity contribution is 0.554. The molecule has 0 spiro atoms. The van der Waals surface area contributed by atoms with E-state index in [-0.39, 0.29) is 0 Å². The van der Waals surface area contributed by atoms with Crippen LogP contribution in [0.2, 0.25) is 0 Å². The zero-order valence-corrected chi connectivity index (χ0v) is 12.9. The van der Waals surface area contributed by atoms with Crippen LogP contribution in [0, 0.1) is 13.8 Å². The predicted octanol–water partition coefficient (Wildman–Crippen LogP) is 4.78. The number of hydrogen-bond donors (Lipinski definition) is 0. The highest BCUT2D eigenvalue weighted by molar-refractivity contribution is 5.22. The molecule has 20 heavy (non-hydrogen) atoms. The normalized spacial score (nSPS) is 14.0. The molecule has 0 bridgehead atoms. The zero-order chi connectivity index (χ0) is 14.5. The Morgan fingerprint density at radius 1 is 0.800 bits per heavy atom. The van der Waals surface area contributed by atoms with E-state index in [0.717, 1.165) is 12.8 Å². The summed E-state index contributed by atoms with van der Waals surface area (Å²) in [4.78, 5) is 9.06. The standard InChI is InChI=1S/C18H24N2/c1-13-7-5-11-19-17(13)15(3)9-10-16(4)18-14(2)8-6-12-20-18/h5-8,11-12,15-16H,9-10H2,1-4H3. The van der Waals surface area contributed by atoms with Crippen molar-refractivity contribution in [2.45, 2.75) is 52.4 Å². The molecular weight excluding hydrogens is 244 g/mol. The van der Waals surface area contributed by atoms with Crippen molar-refractivity contribution in [3.8, 4) is 0 Å². The lowest BCUT2D eigenvalue weighted by atomic mass is 9.91. The van der Waals surface area contributed by atoms with Crippen LogP contribution < -0.4 is 0 Å². The van der Waals surface area contributed by atoms with Gasteiger partial charge in [-0.25, -0.2) is 0 Å². The molecule has 0 saturated carbocycles. The first kappa shape index (κ1) is 14.7. The van der Waals surface area contributed by atoms with Gasteiger partial charge in [-0.15, -0.1) is 0 Å². The monoisotopic (exact) mass is 268 g/mol. The van der Waals surface area contributed by atoms with Gasteiger partial charge in [-0.05, 0) is 61.8 Å². The van der Waals surface area contributed by atoms with Crippen molar-refractivity contribution in [2.24, 2.45) is 0 Å². The first-order valence-corrected chi connectivity index (χ1v) is 7.42. The number of aromatic nitrogens is 2. The second-order valence-corrected chi connectivity index (χ2v) is 5.79. The summed E-state index contributed by atoms with van der Waals surface area (Å²) in [5.74, 6) is 1.00. The molecule has 0 aliphatic carbocycles. The molecular formula is C18H24N2. The fourth-order valence-electron chi connectivity index (χ4n) is 2.80. The molecule has 2 atom stereocenters. The number of aryl methyl sites for hydroxylation is 2. The fraction of sp³-hybridized carbons (Fsp3) is 0.444. The molecule has 0 N–H and O–H groups in total. The Hall–Kier alpha value is -1.70. The molecule has 0 aromatic carbocycles. The summed E-state index contributed by atoms with van der Waals surface area (Å²) >= 11 is 0. The number of rotatable bonds is 5. The predicted molar refractivity (Wildman–Crippen MR) is 84.0 cm³/mol. The van der Waals surface area contributed by atoms with E-state index in [0.29, 0.717) is 11.8 Å². The zero-order valence-electron chi connectivity index (χ0n) is 12.9. The average molecular weight is 268 g/mol. The van der Waals surface area contributed by atoms with Crippen LogP contribution in [-0.4, -0.2) is 9.97 Å². The van der Waals surface area contributed by atoms with E-state index in [4.69, 9.17) is 0 Å². The molecule has 0 aliphatic heterocycles. The first-order valence-electron chi connectivity index (χ1n) is 7.42. The summed E-state index contributed by atoms with van der Waals surface area (Å²) in [6.07, 6.45) is 6.08. The van der Waals surface area contributed by atoms with E-state index < -0.39 is 0 Å². The molecule has 2 nitrogen and oxygen atoms in total. The number of pyridine rings is 2.